The second-order valence-corrected chi connectivity index (χ2v) is 28.4. The lowest BCUT2D eigenvalue weighted by Crippen LogP contribution is -2.63. The molecule has 4 bridgehead atoms. The van der Waals surface area contributed by atoms with E-state index in [-0.39, 0.29) is 74.2 Å². The van der Waals surface area contributed by atoms with E-state index in [0.29, 0.717) is 72.2 Å². The number of methoxy groups -OCH3 is 2. The first-order valence-electron chi connectivity index (χ1n) is 33.7. The molecular formula is C73H93Cl2N5O16S. The van der Waals surface area contributed by atoms with Crippen molar-refractivity contribution in [2.45, 2.75) is 165 Å². The third kappa shape index (κ3) is 18.8. The Morgan fingerprint density at radius 3 is 2.31 bits per heavy atom. The van der Waals surface area contributed by atoms with Crippen LogP contribution in [0, 0.1) is 35.5 Å². The topological polar surface area (TPSA) is 251 Å². The lowest BCUT2D eigenvalue weighted by Gasteiger charge is -2.42. The maximum absolute atomic E-state index is 15.0. The molecule has 0 spiro atoms. The number of hydrogen-bond acceptors (Lipinski definition) is 17. The molecule has 3 aliphatic carbocycles. The standard InChI is InChI=1S/C73H93Cl2N5O16S/c1-46-17-16-20-60(90-8)73(88)43-59(94-70(87)77-73)47(2)65-71(4,96-65)61(42-63(82)79(6)57-40-50(39-46)41-58(89-7)64(57)75)95-66(83)48(3)78(5)62(81)29-38-97-67(84)51-23-21-49(22-24-51)44-80(68(85)72(30-14-11-15-31-72)52-25-27-53(74)28-26-52)33-35-92-37-36-91-34-32-76-69(86)93-45-56-54-18-12-9-10-13-19-55(54)56/h16-17,20-28,40-41,47-48,54-56,59-61,65,88H,11-15,18-19,29-39,42-45H2,1-8H3,(H,76,86)(H,77,87)/b20-16+,46-17+/t47-,48+,54-,55+,56?,59+,60-,61+,65+,71?,73+/m1/s1. The molecule has 24 heteroatoms. The molecule has 11 atom stereocenters. The Labute approximate surface area is 583 Å². The molecule has 526 valence electrons. The SMILES string of the molecule is COc1cc2cc(c1Cl)N(C)C(=O)C[C@H](OC(=O)[C@H](C)N(C)C(=O)CCSC(=O)c1ccc(CN(CCOCCOCCNC(=O)OCC3[C@H]4CCC#CCC[C@@H]34)C(=O)C3(c4ccc(Cl)cc4)CCCCC3)cc1)C1(C)O[C@H]1[C@H](C)[C@@H]1C[C@@](O)(NC(=O)O1)[C@H](OC)/C=C/C=C(\C)C2. The zero-order valence-corrected chi connectivity index (χ0v) is 59.2. The Hall–Kier alpha value is -6.68. The van der Waals surface area contributed by atoms with Gasteiger partial charge < -0.3 is 63.0 Å². The number of amides is 5. The molecular weight excluding hydrogens is 1310 g/mol. The summed E-state index contributed by atoms with van der Waals surface area (Å²) in [6.45, 7) is 9.22. The minimum Gasteiger partial charge on any atom is -0.495 e. The summed E-state index contributed by atoms with van der Waals surface area (Å²) in [6.07, 6.45) is 7.92. The van der Waals surface area contributed by atoms with Gasteiger partial charge in [0.15, 0.2) is 5.72 Å². The summed E-state index contributed by atoms with van der Waals surface area (Å²) >= 11 is 14.2. The van der Waals surface area contributed by atoms with Gasteiger partial charge in [-0.2, -0.15) is 0 Å². The van der Waals surface area contributed by atoms with E-state index in [1.807, 2.05) is 54.3 Å². The van der Waals surface area contributed by atoms with Crippen molar-refractivity contribution in [1.82, 2.24) is 20.4 Å². The maximum Gasteiger partial charge on any atom is 0.409 e. The summed E-state index contributed by atoms with van der Waals surface area (Å²) in [5.41, 5.74) is 0.145. The van der Waals surface area contributed by atoms with Gasteiger partial charge in [0, 0.05) is 88.8 Å². The quantitative estimate of drug-likeness (QED) is 0.0248. The second kappa shape index (κ2) is 33.9. The number of benzene rings is 3. The number of nitrogens with zero attached hydrogens (tertiary/aromatic N) is 3. The Bertz CT molecular complexity index is 3410. The molecule has 3 aliphatic heterocycles. The van der Waals surface area contributed by atoms with Gasteiger partial charge in [-0.1, -0.05) is 121 Å². The van der Waals surface area contributed by atoms with Gasteiger partial charge in [0.25, 0.3) is 0 Å². The van der Waals surface area contributed by atoms with Gasteiger partial charge in [0.05, 0.1) is 63.8 Å². The Balaban J connectivity index is 0.791. The van der Waals surface area contributed by atoms with Crippen LogP contribution in [0.25, 0.3) is 0 Å². The van der Waals surface area contributed by atoms with Gasteiger partial charge >= 0.3 is 18.2 Å². The number of fused-ring (bicyclic) bond motifs is 6. The first kappa shape index (κ1) is 74.5. The fraction of sp³-hybridized carbons (Fsp3) is 0.575. The number of likely N-dealkylation sites (N-methyl/N-ethyl adjacent to an activating group) is 1. The number of hydrogen-bond donors (Lipinski definition) is 3. The van der Waals surface area contributed by atoms with E-state index in [9.17, 15) is 33.9 Å². The first-order chi connectivity index (χ1) is 46.5. The van der Waals surface area contributed by atoms with Crippen LogP contribution in [0.2, 0.25) is 10.0 Å². The number of carbonyl (C=O) groups excluding carboxylic acids is 7. The monoisotopic (exact) mass is 1400 g/mol. The predicted octanol–water partition coefficient (Wildman–Crippen LogP) is 10.6. The van der Waals surface area contributed by atoms with Gasteiger partial charge in [-0.05, 0) is 112 Å². The highest BCUT2D eigenvalue weighted by molar-refractivity contribution is 8.14. The second-order valence-electron chi connectivity index (χ2n) is 26.5. The minimum atomic E-state index is -1.89. The highest BCUT2D eigenvalue weighted by Crippen LogP contribution is 2.53. The number of halogens is 2. The Morgan fingerprint density at radius 1 is 0.938 bits per heavy atom. The molecule has 5 amide bonds. The molecule has 0 radical (unpaired) electrons. The van der Waals surface area contributed by atoms with Crippen LogP contribution in [0.15, 0.2) is 84.5 Å². The van der Waals surface area contributed by atoms with E-state index < -0.39 is 89.5 Å². The number of ether oxygens (including phenoxy) is 8. The number of rotatable bonds is 24. The zero-order valence-electron chi connectivity index (χ0n) is 56.8. The summed E-state index contributed by atoms with van der Waals surface area (Å²) < 4.78 is 47.0. The van der Waals surface area contributed by atoms with Crippen molar-refractivity contribution in [2.24, 2.45) is 23.7 Å². The Kier molecular flexibility index (Phi) is 26.1. The van der Waals surface area contributed by atoms with Crippen molar-refractivity contribution in [1.29, 1.82) is 0 Å². The number of nitrogens with one attached hydrogen (secondary N) is 2. The summed E-state index contributed by atoms with van der Waals surface area (Å²) in [4.78, 5) is 101. The molecule has 0 aromatic heterocycles. The van der Waals surface area contributed by atoms with E-state index in [4.69, 9.17) is 61.1 Å². The summed E-state index contributed by atoms with van der Waals surface area (Å²) in [6, 6.07) is 17.0. The fourth-order valence-electron chi connectivity index (χ4n) is 14.0. The fourth-order valence-corrected chi connectivity index (χ4v) is 15.2. The molecule has 2 unspecified atom stereocenters. The lowest BCUT2D eigenvalue weighted by molar-refractivity contribution is -0.162. The molecule has 6 aliphatic rings. The highest BCUT2D eigenvalue weighted by Gasteiger charge is 2.65. The average molecular weight is 1400 g/mol. The molecule has 9 rings (SSSR count). The third-order valence-electron chi connectivity index (χ3n) is 20.1. The van der Waals surface area contributed by atoms with Crippen molar-refractivity contribution < 1.29 is 76.6 Å². The summed E-state index contributed by atoms with van der Waals surface area (Å²) in [5, 5.41) is 17.7. The first-order valence-corrected chi connectivity index (χ1v) is 35.4. The van der Waals surface area contributed by atoms with E-state index >= 15 is 4.79 Å². The van der Waals surface area contributed by atoms with Gasteiger partial charge in [-0.25, -0.2) is 14.4 Å². The number of aliphatic hydroxyl groups is 1. The van der Waals surface area contributed by atoms with Crippen molar-refractivity contribution >= 4 is 81.6 Å². The zero-order chi connectivity index (χ0) is 69.6. The van der Waals surface area contributed by atoms with Crippen LogP contribution in [0.1, 0.15) is 132 Å². The number of epoxide rings is 1. The van der Waals surface area contributed by atoms with Crippen LogP contribution in [-0.4, -0.2) is 178 Å². The molecule has 3 N–H and O–H groups in total. The molecule has 3 heterocycles. The third-order valence-corrected chi connectivity index (χ3v) is 21.6. The molecule has 3 aromatic rings. The van der Waals surface area contributed by atoms with E-state index in [1.165, 1.54) is 38.0 Å². The van der Waals surface area contributed by atoms with Crippen molar-refractivity contribution in [3.63, 3.8) is 0 Å². The lowest BCUT2D eigenvalue weighted by atomic mass is 9.68. The van der Waals surface area contributed by atoms with E-state index in [2.05, 4.69) is 22.5 Å². The highest BCUT2D eigenvalue weighted by atomic mass is 35.5. The van der Waals surface area contributed by atoms with Crippen LogP contribution in [0.4, 0.5) is 15.3 Å². The number of carbonyl (C=O) groups is 7. The normalized spacial score (nSPS) is 27.1. The van der Waals surface area contributed by atoms with Gasteiger partial charge in [-0.15, -0.1) is 11.8 Å². The van der Waals surface area contributed by atoms with Crippen LogP contribution < -0.4 is 20.3 Å². The molecule has 21 nitrogen and oxygen atoms in total. The van der Waals surface area contributed by atoms with Crippen LogP contribution >= 0.6 is 35.0 Å². The molecule has 2 saturated carbocycles. The number of anilines is 1. The Morgan fingerprint density at radius 2 is 1.63 bits per heavy atom. The van der Waals surface area contributed by atoms with Crippen LogP contribution in [0.5, 0.6) is 5.75 Å². The average Bonchev–Trinajstić information content (AvgIpc) is 1.59. The van der Waals surface area contributed by atoms with Gasteiger partial charge in [0.2, 0.25) is 22.8 Å². The van der Waals surface area contributed by atoms with Crippen molar-refractivity contribution in [3.05, 3.63) is 117 Å². The molecule has 4 fully saturated rings. The molecule has 2 saturated heterocycles. The number of alkyl carbamates (subject to hydrolysis) is 2. The number of thioether (sulfide) groups is 1. The smallest absolute Gasteiger partial charge is 0.409 e. The van der Waals surface area contributed by atoms with Crippen LogP contribution in [-0.2, 0) is 70.7 Å². The van der Waals surface area contributed by atoms with Crippen LogP contribution in [0.3, 0.4) is 0 Å². The van der Waals surface area contributed by atoms with E-state index in [1.54, 1.807) is 57.3 Å². The van der Waals surface area contributed by atoms with E-state index in [0.717, 1.165) is 79.0 Å². The van der Waals surface area contributed by atoms with Crippen molar-refractivity contribution in [3.8, 4) is 17.6 Å². The number of allylic oxidation sites excluding steroid dienone is 3. The maximum atomic E-state index is 15.0. The molecule has 3 aromatic carbocycles. The van der Waals surface area contributed by atoms with Gasteiger partial charge in [-0.3, -0.25) is 24.5 Å². The van der Waals surface area contributed by atoms with Gasteiger partial charge in [0.1, 0.15) is 40.7 Å². The summed E-state index contributed by atoms with van der Waals surface area (Å²) in [5.74, 6) is 6.06. The number of esters is 1. The minimum absolute atomic E-state index is 0.0134. The van der Waals surface area contributed by atoms with Crippen molar-refractivity contribution in [2.75, 3.05) is 85.1 Å². The molecule has 97 heavy (non-hydrogen) atoms. The predicted molar refractivity (Wildman–Crippen MR) is 368 cm³/mol. The summed E-state index contributed by atoms with van der Waals surface area (Å²) in [7, 11) is 5.90. The largest absolute Gasteiger partial charge is 0.495 e.